The van der Waals surface area contributed by atoms with Gasteiger partial charge in [-0.05, 0) is 6.26 Å². The highest BCUT2D eigenvalue weighted by molar-refractivity contribution is 7.98. The summed E-state index contributed by atoms with van der Waals surface area (Å²) < 4.78 is 12.1. The molecule has 0 aromatic carbocycles. The number of nitrogens with zero attached hydrogens (tertiary/aromatic N) is 1. The average molecular weight is 304 g/mol. The molecule has 1 aliphatic rings. The van der Waals surface area contributed by atoms with Crippen LogP contribution in [0.5, 0.6) is 0 Å². The first-order valence-electron chi connectivity index (χ1n) is 5.95. The van der Waals surface area contributed by atoms with Crippen molar-refractivity contribution in [2.24, 2.45) is 0 Å². The van der Waals surface area contributed by atoms with Gasteiger partial charge < -0.3 is 19.7 Å². The molecule has 0 radical (unpaired) electrons. The molecule has 1 unspecified atom stereocenters. The average Bonchev–Trinajstić information content (AvgIpc) is 2.73. The number of aromatic nitrogens is 2. The molecule has 2 heterocycles. The summed E-state index contributed by atoms with van der Waals surface area (Å²) in [6, 6.07) is 1.18. The highest BCUT2D eigenvalue weighted by Crippen LogP contribution is 2.30. The molecule has 3 N–H and O–H groups in total. The second kappa shape index (κ2) is 6.55. The Morgan fingerprint density at radius 2 is 2.30 bits per heavy atom. The van der Waals surface area contributed by atoms with E-state index in [1.807, 2.05) is 6.26 Å². The molecular weight excluding hydrogens is 288 g/mol. The second-order valence-corrected chi connectivity index (χ2v) is 5.11. The van der Waals surface area contributed by atoms with Crippen molar-refractivity contribution in [1.29, 1.82) is 0 Å². The van der Waals surface area contributed by atoms with E-state index in [0.717, 1.165) is 4.57 Å². The molecule has 4 atom stereocenters. The Labute approximate surface area is 118 Å². The van der Waals surface area contributed by atoms with Crippen LogP contribution in [-0.2, 0) is 9.47 Å². The smallest absolute Gasteiger partial charge is 0.330 e. The zero-order valence-electron chi connectivity index (χ0n) is 10.8. The van der Waals surface area contributed by atoms with Crippen LogP contribution in [0.25, 0.3) is 0 Å². The van der Waals surface area contributed by atoms with Crippen LogP contribution >= 0.6 is 11.8 Å². The van der Waals surface area contributed by atoms with Gasteiger partial charge in [0.1, 0.15) is 18.3 Å². The topological polar surface area (TPSA) is 114 Å². The summed E-state index contributed by atoms with van der Waals surface area (Å²) in [5.74, 6) is 0.303. The largest absolute Gasteiger partial charge is 0.394 e. The van der Waals surface area contributed by atoms with Crippen LogP contribution in [0.1, 0.15) is 6.23 Å². The number of thioether (sulfide) groups is 1. The number of aromatic amines is 1. The number of hydrogen-bond donors (Lipinski definition) is 3. The van der Waals surface area contributed by atoms with Gasteiger partial charge >= 0.3 is 5.69 Å². The van der Waals surface area contributed by atoms with Crippen LogP contribution in [0.2, 0.25) is 0 Å². The minimum Gasteiger partial charge on any atom is -0.394 e. The van der Waals surface area contributed by atoms with Crippen LogP contribution in [0, 0.1) is 0 Å². The Morgan fingerprint density at radius 1 is 1.55 bits per heavy atom. The number of rotatable bonds is 5. The monoisotopic (exact) mass is 304 g/mol. The van der Waals surface area contributed by atoms with Crippen molar-refractivity contribution in [2.75, 3.05) is 18.8 Å². The molecular formula is C11H16N2O6S. The molecule has 0 bridgehead atoms. The molecule has 8 nitrogen and oxygen atoms in total. The predicted octanol–water partition coefficient (Wildman–Crippen LogP) is -1.51. The molecule has 2 rings (SSSR count). The zero-order chi connectivity index (χ0) is 14.7. The fourth-order valence-electron chi connectivity index (χ4n) is 2.05. The molecule has 20 heavy (non-hydrogen) atoms. The molecule has 1 fully saturated rings. The Kier molecular flexibility index (Phi) is 5.00. The lowest BCUT2D eigenvalue weighted by atomic mass is 10.1. The lowest BCUT2D eigenvalue weighted by Gasteiger charge is -2.21. The fraction of sp³-hybridized carbons (Fsp3) is 0.636. The van der Waals surface area contributed by atoms with Gasteiger partial charge in [0.15, 0.2) is 6.23 Å². The van der Waals surface area contributed by atoms with Crippen molar-refractivity contribution < 1.29 is 19.7 Å². The van der Waals surface area contributed by atoms with Gasteiger partial charge in [-0.15, -0.1) is 11.8 Å². The Bertz CT molecular complexity index is 558. The van der Waals surface area contributed by atoms with Crippen molar-refractivity contribution in [3.05, 3.63) is 33.1 Å². The molecule has 0 saturated carbocycles. The number of hydrogen-bond acceptors (Lipinski definition) is 7. The second-order valence-electron chi connectivity index (χ2n) is 4.29. The van der Waals surface area contributed by atoms with Crippen molar-refractivity contribution in [3.63, 3.8) is 0 Å². The van der Waals surface area contributed by atoms with Crippen molar-refractivity contribution >= 4 is 11.8 Å². The Hall–Kier alpha value is -1.13. The number of aliphatic hydroxyl groups is 2. The van der Waals surface area contributed by atoms with E-state index in [0.29, 0.717) is 5.94 Å². The lowest BCUT2D eigenvalue weighted by Crippen LogP contribution is -2.39. The SMILES string of the molecule is CSCO[C@H]1C(n2ccc(=O)[nH]c2=O)O[C@H](CO)[C@H]1O. The van der Waals surface area contributed by atoms with E-state index in [9.17, 15) is 14.7 Å². The molecule has 112 valence electrons. The van der Waals surface area contributed by atoms with Crippen LogP contribution in [0.3, 0.4) is 0 Å². The number of ether oxygens (including phenoxy) is 2. The van der Waals surface area contributed by atoms with Crippen molar-refractivity contribution in [1.82, 2.24) is 9.55 Å². The first-order valence-corrected chi connectivity index (χ1v) is 7.34. The summed E-state index contributed by atoms with van der Waals surface area (Å²) in [7, 11) is 0. The zero-order valence-corrected chi connectivity index (χ0v) is 11.6. The minimum atomic E-state index is -1.06. The van der Waals surface area contributed by atoms with Gasteiger partial charge in [-0.25, -0.2) is 4.79 Å². The first kappa shape index (κ1) is 15.3. The summed E-state index contributed by atoms with van der Waals surface area (Å²) in [5.41, 5.74) is -1.18. The van der Waals surface area contributed by atoms with Gasteiger partial charge in [0, 0.05) is 12.3 Å². The van der Waals surface area contributed by atoms with E-state index in [2.05, 4.69) is 4.98 Å². The van der Waals surface area contributed by atoms with E-state index in [-0.39, 0.29) is 0 Å². The first-order chi connectivity index (χ1) is 9.58. The highest BCUT2D eigenvalue weighted by Gasteiger charge is 2.45. The van der Waals surface area contributed by atoms with E-state index < -0.39 is 42.4 Å². The maximum absolute atomic E-state index is 11.8. The third-order valence-corrected chi connectivity index (χ3v) is 3.37. The third kappa shape index (κ3) is 2.96. The lowest BCUT2D eigenvalue weighted by molar-refractivity contribution is -0.0649. The maximum atomic E-state index is 11.8. The summed E-state index contributed by atoms with van der Waals surface area (Å²) >= 11 is 1.41. The van der Waals surface area contributed by atoms with E-state index in [4.69, 9.17) is 14.6 Å². The summed E-state index contributed by atoms with van der Waals surface area (Å²) in [6.07, 6.45) is -0.510. The molecule has 0 amide bonds. The fourth-order valence-corrected chi connectivity index (χ4v) is 2.34. The molecule has 1 aliphatic heterocycles. The summed E-state index contributed by atoms with van der Waals surface area (Å²) in [4.78, 5) is 24.9. The molecule has 1 aromatic heterocycles. The standard InChI is InChI=1S/C11H16N2O6S/c1-20-5-18-9-8(16)6(4-14)19-10(9)13-3-2-7(15)12-11(13)17/h2-3,6,8-10,14,16H,4-5H2,1H3,(H,12,15,17)/t6-,8-,9-,10?/m1/s1. The Balaban J connectivity index is 2.31. The molecule has 0 spiro atoms. The van der Waals surface area contributed by atoms with Gasteiger partial charge in [0.2, 0.25) is 0 Å². The Morgan fingerprint density at radius 3 is 2.90 bits per heavy atom. The molecule has 9 heteroatoms. The van der Waals surface area contributed by atoms with Gasteiger partial charge in [-0.1, -0.05) is 0 Å². The molecule has 1 aromatic rings. The third-order valence-electron chi connectivity index (χ3n) is 3.00. The molecule has 1 saturated heterocycles. The van der Waals surface area contributed by atoms with Crippen molar-refractivity contribution in [3.8, 4) is 0 Å². The maximum Gasteiger partial charge on any atom is 0.330 e. The highest BCUT2D eigenvalue weighted by atomic mass is 32.2. The van der Waals surface area contributed by atoms with Crippen LogP contribution in [0.4, 0.5) is 0 Å². The van der Waals surface area contributed by atoms with E-state index in [1.165, 1.54) is 24.0 Å². The van der Waals surface area contributed by atoms with Crippen LogP contribution in [-0.4, -0.2) is 56.9 Å². The summed E-state index contributed by atoms with van der Waals surface area (Å²) in [5, 5.41) is 19.2. The van der Waals surface area contributed by atoms with Crippen LogP contribution < -0.4 is 11.2 Å². The number of H-pyrrole nitrogens is 1. The normalized spacial score (nSPS) is 29.8. The van der Waals surface area contributed by atoms with E-state index in [1.54, 1.807) is 0 Å². The van der Waals surface area contributed by atoms with Gasteiger partial charge in [-0.2, -0.15) is 0 Å². The number of nitrogens with one attached hydrogen (secondary N) is 1. The van der Waals surface area contributed by atoms with Gasteiger partial charge in [0.25, 0.3) is 5.56 Å². The quantitative estimate of drug-likeness (QED) is 0.567. The van der Waals surface area contributed by atoms with Gasteiger partial charge in [0.05, 0.1) is 12.5 Å². The van der Waals surface area contributed by atoms with Gasteiger partial charge in [-0.3, -0.25) is 14.3 Å². The number of aliphatic hydroxyl groups excluding tert-OH is 2. The van der Waals surface area contributed by atoms with Crippen molar-refractivity contribution in [2.45, 2.75) is 24.5 Å². The van der Waals surface area contributed by atoms with E-state index >= 15 is 0 Å². The van der Waals surface area contributed by atoms with Crippen LogP contribution in [0.15, 0.2) is 21.9 Å². The minimum absolute atomic E-state index is 0.303. The molecule has 0 aliphatic carbocycles. The summed E-state index contributed by atoms with van der Waals surface area (Å²) in [6.45, 7) is -0.394. The predicted molar refractivity (Wildman–Crippen MR) is 71.6 cm³/mol.